The minimum absolute atomic E-state index is 0.154. The van der Waals surface area contributed by atoms with E-state index >= 15 is 0 Å². The average Bonchev–Trinajstić information content (AvgIpc) is 3.40. The zero-order valence-corrected chi connectivity index (χ0v) is 17.3. The van der Waals surface area contributed by atoms with E-state index in [9.17, 15) is 10.2 Å². The predicted molar refractivity (Wildman–Crippen MR) is 123 cm³/mol. The maximum absolute atomic E-state index is 10.6. The number of aromatic nitrogens is 2. The summed E-state index contributed by atoms with van der Waals surface area (Å²) in [6, 6.07) is 23.5. The minimum Gasteiger partial charge on any atom is -0.508 e. The van der Waals surface area contributed by atoms with Crippen LogP contribution in [0.25, 0.3) is 5.69 Å². The average molecular weight is 429 g/mol. The molecular weight excluding hydrogens is 408 g/mol. The van der Waals surface area contributed by atoms with Gasteiger partial charge in [-0.05, 0) is 72.9 Å². The molecular formula is C24H20N4O2S. The molecule has 31 heavy (non-hydrogen) atoms. The number of para-hydroxylation sites is 2. The van der Waals surface area contributed by atoms with Gasteiger partial charge >= 0.3 is 0 Å². The van der Waals surface area contributed by atoms with Crippen molar-refractivity contribution < 1.29 is 10.2 Å². The maximum atomic E-state index is 10.6. The molecule has 1 fully saturated rings. The highest BCUT2D eigenvalue weighted by Crippen LogP contribution is 2.44. The van der Waals surface area contributed by atoms with E-state index in [1.54, 1.807) is 30.5 Å². The van der Waals surface area contributed by atoms with Crippen LogP contribution in [-0.4, -0.2) is 24.9 Å². The summed E-state index contributed by atoms with van der Waals surface area (Å²) >= 11 is 5.72. The molecule has 7 heteroatoms. The lowest BCUT2D eigenvalue weighted by molar-refractivity contribution is 0.471. The van der Waals surface area contributed by atoms with Crippen LogP contribution >= 0.6 is 12.2 Å². The number of nitrogens with zero attached hydrogens (tertiary/aromatic N) is 3. The van der Waals surface area contributed by atoms with Gasteiger partial charge in [0.2, 0.25) is 0 Å². The highest BCUT2D eigenvalue weighted by atomic mass is 32.1. The Labute approximate surface area is 185 Å². The van der Waals surface area contributed by atoms with Crippen LogP contribution in [0.3, 0.4) is 0 Å². The highest BCUT2D eigenvalue weighted by Gasteiger charge is 2.42. The fraction of sp³-hybridized carbons (Fsp3) is 0.0833. The molecule has 0 saturated carbocycles. The summed E-state index contributed by atoms with van der Waals surface area (Å²) in [7, 11) is 0. The van der Waals surface area contributed by atoms with Crippen LogP contribution in [-0.2, 0) is 0 Å². The van der Waals surface area contributed by atoms with E-state index < -0.39 is 0 Å². The number of anilines is 1. The fourth-order valence-corrected chi connectivity index (χ4v) is 4.41. The van der Waals surface area contributed by atoms with E-state index in [1.165, 1.54) is 0 Å². The van der Waals surface area contributed by atoms with Crippen LogP contribution in [0.5, 0.6) is 11.5 Å². The van der Waals surface area contributed by atoms with E-state index in [2.05, 4.69) is 14.9 Å². The van der Waals surface area contributed by atoms with Crippen LogP contribution < -0.4 is 10.2 Å². The number of hydrogen-bond donors (Lipinski definition) is 3. The molecule has 0 aliphatic carbocycles. The second-order valence-corrected chi connectivity index (χ2v) is 7.69. The molecule has 3 heterocycles. The Morgan fingerprint density at radius 2 is 1.65 bits per heavy atom. The third-order valence-corrected chi connectivity index (χ3v) is 5.77. The van der Waals surface area contributed by atoms with Crippen LogP contribution in [0.1, 0.15) is 23.5 Å². The van der Waals surface area contributed by atoms with E-state index in [1.807, 2.05) is 65.7 Å². The van der Waals surface area contributed by atoms with Crippen molar-refractivity contribution >= 4 is 23.0 Å². The van der Waals surface area contributed by atoms with Crippen molar-refractivity contribution in [3.8, 4) is 17.2 Å². The summed E-state index contributed by atoms with van der Waals surface area (Å²) in [5.74, 6) is 0.365. The van der Waals surface area contributed by atoms with Gasteiger partial charge in [0.05, 0.1) is 17.4 Å². The molecule has 6 nitrogen and oxygen atoms in total. The summed E-state index contributed by atoms with van der Waals surface area (Å²) in [6.07, 6.45) is 3.74. The summed E-state index contributed by atoms with van der Waals surface area (Å²) in [5.41, 5.74) is 3.36. The Hall–Kier alpha value is -3.84. The van der Waals surface area contributed by atoms with Crippen molar-refractivity contribution in [3.05, 3.63) is 103 Å². The molecule has 0 unspecified atom stereocenters. The van der Waals surface area contributed by atoms with Crippen molar-refractivity contribution in [2.75, 3.05) is 4.90 Å². The zero-order valence-electron chi connectivity index (χ0n) is 16.5. The van der Waals surface area contributed by atoms with E-state index in [0.717, 1.165) is 17.1 Å². The number of nitrogens with one attached hydrogen (secondary N) is 1. The van der Waals surface area contributed by atoms with Gasteiger partial charge in [-0.25, -0.2) is 0 Å². The fourth-order valence-electron chi connectivity index (χ4n) is 4.07. The van der Waals surface area contributed by atoms with Gasteiger partial charge in [-0.1, -0.05) is 18.2 Å². The lowest BCUT2D eigenvalue weighted by atomic mass is 10.0. The number of benzene rings is 2. The molecule has 1 saturated heterocycles. The van der Waals surface area contributed by atoms with Crippen molar-refractivity contribution in [2.24, 2.45) is 0 Å². The van der Waals surface area contributed by atoms with Crippen LogP contribution in [0.4, 0.5) is 5.69 Å². The number of hydrogen-bond acceptors (Lipinski definition) is 4. The molecule has 2 aromatic heterocycles. The summed E-state index contributed by atoms with van der Waals surface area (Å²) in [4.78, 5) is 6.51. The van der Waals surface area contributed by atoms with Crippen LogP contribution in [0, 0.1) is 0 Å². The first-order chi connectivity index (χ1) is 15.1. The van der Waals surface area contributed by atoms with Gasteiger partial charge in [0.1, 0.15) is 17.5 Å². The normalized spacial score (nSPS) is 18.2. The molecule has 0 amide bonds. The Morgan fingerprint density at radius 1 is 0.871 bits per heavy atom. The van der Waals surface area contributed by atoms with Gasteiger partial charge < -0.3 is 25.0 Å². The standard InChI is InChI=1S/C24H20N4O2S/c29-17-12-10-16(11-13-17)27-15-5-8-20(27)23-22(18-6-3-4-14-25-18)26-24(31)28(23)19-7-1-2-9-21(19)30/h1-15,22-23,29-30H,(H,26,31)/t22-,23+/m1/s1. The largest absolute Gasteiger partial charge is 0.508 e. The first-order valence-electron chi connectivity index (χ1n) is 9.89. The van der Waals surface area contributed by atoms with E-state index in [-0.39, 0.29) is 23.6 Å². The number of rotatable bonds is 4. The van der Waals surface area contributed by atoms with Crippen molar-refractivity contribution in [3.63, 3.8) is 0 Å². The molecule has 2 aromatic carbocycles. The molecule has 3 N–H and O–H groups in total. The molecule has 0 spiro atoms. The molecule has 0 radical (unpaired) electrons. The molecule has 1 aliphatic heterocycles. The van der Waals surface area contributed by atoms with Crippen LogP contribution in [0.2, 0.25) is 0 Å². The third kappa shape index (κ3) is 3.39. The van der Waals surface area contributed by atoms with Crippen molar-refractivity contribution in [1.82, 2.24) is 14.9 Å². The maximum Gasteiger partial charge on any atom is 0.174 e. The van der Waals surface area contributed by atoms with Gasteiger partial charge in [0, 0.05) is 23.8 Å². The second-order valence-electron chi connectivity index (χ2n) is 7.30. The first kappa shape index (κ1) is 19.1. The smallest absolute Gasteiger partial charge is 0.174 e. The molecule has 1 aliphatic rings. The molecule has 2 atom stereocenters. The topological polar surface area (TPSA) is 73.5 Å². The lowest BCUT2D eigenvalue weighted by Gasteiger charge is -2.29. The number of aromatic hydroxyl groups is 2. The second kappa shape index (κ2) is 7.77. The summed E-state index contributed by atoms with van der Waals surface area (Å²) in [5, 5.41) is 24.2. The molecule has 4 aromatic rings. The third-order valence-electron chi connectivity index (χ3n) is 5.45. The minimum atomic E-state index is -0.264. The summed E-state index contributed by atoms with van der Waals surface area (Å²) in [6.45, 7) is 0. The van der Waals surface area contributed by atoms with E-state index in [4.69, 9.17) is 12.2 Å². The number of phenols is 2. The van der Waals surface area contributed by atoms with Gasteiger partial charge in [0.15, 0.2) is 5.11 Å². The lowest BCUT2D eigenvalue weighted by Crippen LogP contribution is -2.30. The zero-order chi connectivity index (χ0) is 21.4. The quantitative estimate of drug-likeness (QED) is 0.417. The number of thiocarbonyl (C=S) groups is 1. The Morgan fingerprint density at radius 3 is 2.39 bits per heavy atom. The molecule has 5 rings (SSSR count). The monoisotopic (exact) mass is 428 g/mol. The molecule has 0 bridgehead atoms. The van der Waals surface area contributed by atoms with Crippen LogP contribution in [0.15, 0.2) is 91.3 Å². The van der Waals surface area contributed by atoms with Gasteiger partial charge in [-0.3, -0.25) is 4.98 Å². The van der Waals surface area contributed by atoms with Crippen molar-refractivity contribution in [1.29, 1.82) is 0 Å². The van der Waals surface area contributed by atoms with Gasteiger partial charge in [-0.2, -0.15) is 0 Å². The van der Waals surface area contributed by atoms with E-state index in [0.29, 0.717) is 10.8 Å². The Balaban J connectivity index is 1.68. The Bertz CT molecular complexity index is 1220. The predicted octanol–water partition coefficient (Wildman–Crippen LogP) is 4.46. The van der Waals surface area contributed by atoms with Gasteiger partial charge in [-0.15, -0.1) is 0 Å². The summed E-state index contributed by atoms with van der Waals surface area (Å²) < 4.78 is 2.06. The first-order valence-corrected chi connectivity index (χ1v) is 10.3. The number of pyridine rings is 1. The highest BCUT2D eigenvalue weighted by molar-refractivity contribution is 7.80. The van der Waals surface area contributed by atoms with Crippen molar-refractivity contribution in [2.45, 2.75) is 12.1 Å². The Kier molecular flexibility index (Phi) is 4.80. The molecule has 154 valence electrons. The van der Waals surface area contributed by atoms with Gasteiger partial charge in [0.25, 0.3) is 0 Å². The SMILES string of the molecule is Oc1ccc(-n2cccc2[C@H]2[C@@H](c3ccccn3)NC(=S)N2c2ccccc2O)cc1. The number of phenolic OH excluding ortho intramolecular Hbond substituents is 2.